The molecule has 20 heavy (non-hydrogen) atoms. The first-order valence-electron chi connectivity index (χ1n) is 7.06. The van der Waals surface area contributed by atoms with Crippen molar-refractivity contribution in [3.8, 4) is 0 Å². The maximum Gasteiger partial charge on any atom is 0.313 e. The lowest BCUT2D eigenvalue weighted by molar-refractivity contribution is -0.895. The number of carbonyl (C=O) groups is 2. The van der Waals surface area contributed by atoms with Gasteiger partial charge in [0.15, 0.2) is 0 Å². The Kier molecular flexibility index (Phi) is 6.73. The zero-order valence-corrected chi connectivity index (χ0v) is 12.5. The zero-order valence-electron chi connectivity index (χ0n) is 12.5. The largest absolute Gasteiger partial charge is 0.342 e. The number of anilines is 1. The SMILES string of the molecule is CC[NH+](CC)CCNC(=O)C(=O)Nc1ccccc1C. The highest BCUT2D eigenvalue weighted by molar-refractivity contribution is 6.39. The number of likely N-dealkylation sites (N-methyl/N-ethyl adjacent to an activating group) is 1. The van der Waals surface area contributed by atoms with Gasteiger partial charge in [0.1, 0.15) is 0 Å². The highest BCUT2D eigenvalue weighted by Crippen LogP contribution is 2.12. The fourth-order valence-corrected chi connectivity index (χ4v) is 1.93. The molecule has 0 radical (unpaired) electrons. The van der Waals surface area contributed by atoms with Crippen LogP contribution in [0.25, 0.3) is 0 Å². The van der Waals surface area contributed by atoms with Crippen molar-refractivity contribution >= 4 is 17.5 Å². The molecule has 5 heteroatoms. The molecule has 1 aromatic rings. The maximum atomic E-state index is 11.7. The van der Waals surface area contributed by atoms with Gasteiger partial charge < -0.3 is 15.5 Å². The summed E-state index contributed by atoms with van der Waals surface area (Å²) in [6, 6.07) is 7.37. The Morgan fingerprint density at radius 1 is 1.10 bits per heavy atom. The second-order valence-corrected chi connectivity index (χ2v) is 4.73. The van der Waals surface area contributed by atoms with Crippen LogP contribution in [0.4, 0.5) is 5.69 Å². The number of nitrogens with one attached hydrogen (secondary N) is 3. The van der Waals surface area contributed by atoms with Crippen LogP contribution in [0.3, 0.4) is 0 Å². The van der Waals surface area contributed by atoms with Crippen molar-refractivity contribution in [2.24, 2.45) is 0 Å². The molecular formula is C15H24N3O2+. The number of amides is 2. The molecule has 0 spiro atoms. The van der Waals surface area contributed by atoms with Crippen molar-refractivity contribution in [2.75, 3.05) is 31.5 Å². The van der Waals surface area contributed by atoms with Crippen LogP contribution in [0.2, 0.25) is 0 Å². The highest BCUT2D eigenvalue weighted by Gasteiger charge is 2.14. The minimum absolute atomic E-state index is 0.511. The molecule has 0 atom stereocenters. The van der Waals surface area contributed by atoms with E-state index in [1.54, 1.807) is 6.07 Å². The number of quaternary nitrogens is 1. The summed E-state index contributed by atoms with van der Waals surface area (Å²) in [4.78, 5) is 24.8. The smallest absolute Gasteiger partial charge is 0.313 e. The predicted molar refractivity (Wildman–Crippen MR) is 79.7 cm³/mol. The molecule has 0 saturated carbocycles. The number of aryl methyl sites for hydroxylation is 1. The van der Waals surface area contributed by atoms with Crippen LogP contribution in [0.5, 0.6) is 0 Å². The van der Waals surface area contributed by atoms with E-state index in [1.165, 1.54) is 4.90 Å². The van der Waals surface area contributed by atoms with Gasteiger partial charge in [-0.15, -0.1) is 0 Å². The van der Waals surface area contributed by atoms with E-state index in [0.717, 1.165) is 25.2 Å². The summed E-state index contributed by atoms with van der Waals surface area (Å²) in [5, 5.41) is 5.27. The molecule has 0 aromatic heterocycles. The Labute approximate surface area is 120 Å². The Balaban J connectivity index is 2.40. The quantitative estimate of drug-likeness (QED) is 0.640. The third-order valence-electron chi connectivity index (χ3n) is 3.36. The molecule has 0 saturated heterocycles. The molecular weight excluding hydrogens is 254 g/mol. The molecule has 0 fully saturated rings. The molecule has 1 rings (SSSR count). The van der Waals surface area contributed by atoms with Gasteiger partial charge in [-0.3, -0.25) is 9.59 Å². The van der Waals surface area contributed by atoms with Crippen LogP contribution in [-0.4, -0.2) is 38.0 Å². The zero-order chi connectivity index (χ0) is 15.0. The van der Waals surface area contributed by atoms with Gasteiger partial charge in [0.05, 0.1) is 26.2 Å². The lowest BCUT2D eigenvalue weighted by Gasteiger charge is -2.15. The second kappa shape index (κ2) is 8.32. The van der Waals surface area contributed by atoms with Crippen LogP contribution in [-0.2, 0) is 9.59 Å². The van der Waals surface area contributed by atoms with Gasteiger partial charge in [0.25, 0.3) is 0 Å². The van der Waals surface area contributed by atoms with Gasteiger partial charge in [-0.2, -0.15) is 0 Å². The Bertz CT molecular complexity index is 456. The van der Waals surface area contributed by atoms with E-state index in [0.29, 0.717) is 12.2 Å². The molecule has 5 nitrogen and oxygen atoms in total. The van der Waals surface area contributed by atoms with Crippen LogP contribution < -0.4 is 15.5 Å². The summed E-state index contributed by atoms with van der Waals surface area (Å²) in [6.45, 7) is 9.46. The monoisotopic (exact) mass is 278 g/mol. The van der Waals surface area contributed by atoms with Crippen molar-refractivity contribution in [3.63, 3.8) is 0 Å². The Morgan fingerprint density at radius 2 is 1.75 bits per heavy atom. The molecule has 0 bridgehead atoms. The normalized spacial score (nSPS) is 10.4. The third-order valence-corrected chi connectivity index (χ3v) is 3.36. The van der Waals surface area contributed by atoms with E-state index in [9.17, 15) is 9.59 Å². The summed E-state index contributed by atoms with van der Waals surface area (Å²) >= 11 is 0. The van der Waals surface area contributed by atoms with E-state index in [1.807, 2.05) is 25.1 Å². The first-order valence-corrected chi connectivity index (χ1v) is 7.06. The minimum Gasteiger partial charge on any atom is -0.342 e. The standard InChI is InChI=1S/C15H23N3O2/c1-4-18(5-2)11-10-16-14(19)15(20)17-13-9-7-6-8-12(13)3/h6-9H,4-5,10-11H2,1-3H3,(H,16,19)(H,17,20)/p+1. The summed E-state index contributed by atoms with van der Waals surface area (Å²) in [5.74, 6) is -1.20. The van der Waals surface area contributed by atoms with E-state index < -0.39 is 11.8 Å². The molecule has 0 unspecified atom stereocenters. The van der Waals surface area contributed by atoms with Gasteiger partial charge in [-0.05, 0) is 32.4 Å². The number of hydrogen-bond donors (Lipinski definition) is 3. The summed E-state index contributed by atoms with van der Waals surface area (Å²) < 4.78 is 0. The summed E-state index contributed by atoms with van der Waals surface area (Å²) in [7, 11) is 0. The van der Waals surface area contributed by atoms with Gasteiger partial charge >= 0.3 is 11.8 Å². The van der Waals surface area contributed by atoms with E-state index in [-0.39, 0.29) is 0 Å². The maximum absolute atomic E-state index is 11.7. The van der Waals surface area contributed by atoms with E-state index >= 15 is 0 Å². The van der Waals surface area contributed by atoms with Crippen LogP contribution in [0, 0.1) is 6.92 Å². The second-order valence-electron chi connectivity index (χ2n) is 4.73. The number of para-hydroxylation sites is 1. The Morgan fingerprint density at radius 3 is 2.35 bits per heavy atom. The molecule has 0 heterocycles. The first kappa shape index (κ1) is 16.2. The fourth-order valence-electron chi connectivity index (χ4n) is 1.93. The van der Waals surface area contributed by atoms with Crippen molar-refractivity contribution in [3.05, 3.63) is 29.8 Å². The van der Waals surface area contributed by atoms with Gasteiger partial charge in [0.2, 0.25) is 0 Å². The van der Waals surface area contributed by atoms with Crippen LogP contribution >= 0.6 is 0 Å². The molecule has 0 aliphatic rings. The van der Waals surface area contributed by atoms with E-state index in [4.69, 9.17) is 0 Å². The average molecular weight is 278 g/mol. The van der Waals surface area contributed by atoms with Crippen molar-refractivity contribution in [2.45, 2.75) is 20.8 Å². The lowest BCUT2D eigenvalue weighted by atomic mass is 10.2. The third kappa shape index (κ3) is 5.01. The van der Waals surface area contributed by atoms with E-state index in [2.05, 4.69) is 24.5 Å². The number of carbonyl (C=O) groups excluding carboxylic acids is 2. The highest BCUT2D eigenvalue weighted by atomic mass is 16.2. The molecule has 110 valence electrons. The molecule has 3 N–H and O–H groups in total. The summed E-state index contributed by atoms with van der Waals surface area (Å²) in [6.07, 6.45) is 0. The predicted octanol–water partition coefficient (Wildman–Crippen LogP) is -0.0256. The van der Waals surface area contributed by atoms with Gasteiger partial charge in [-0.1, -0.05) is 18.2 Å². The topological polar surface area (TPSA) is 62.6 Å². The van der Waals surface area contributed by atoms with Crippen molar-refractivity contribution < 1.29 is 14.5 Å². The molecule has 2 amide bonds. The van der Waals surface area contributed by atoms with Gasteiger partial charge in [-0.25, -0.2) is 0 Å². The molecule has 0 aliphatic heterocycles. The first-order chi connectivity index (χ1) is 9.58. The average Bonchev–Trinajstić information content (AvgIpc) is 2.45. The molecule has 0 aliphatic carbocycles. The van der Waals surface area contributed by atoms with Crippen LogP contribution in [0.15, 0.2) is 24.3 Å². The number of rotatable bonds is 6. The lowest BCUT2D eigenvalue weighted by Crippen LogP contribution is -3.12. The fraction of sp³-hybridized carbons (Fsp3) is 0.467. The number of hydrogen-bond acceptors (Lipinski definition) is 2. The molecule has 1 aromatic carbocycles. The van der Waals surface area contributed by atoms with Crippen molar-refractivity contribution in [1.82, 2.24) is 5.32 Å². The number of benzene rings is 1. The van der Waals surface area contributed by atoms with Crippen LogP contribution in [0.1, 0.15) is 19.4 Å². The Hall–Kier alpha value is -1.88. The summed E-state index contributed by atoms with van der Waals surface area (Å²) in [5.41, 5.74) is 1.60. The van der Waals surface area contributed by atoms with Crippen molar-refractivity contribution in [1.29, 1.82) is 0 Å². The van der Waals surface area contributed by atoms with Gasteiger partial charge in [0, 0.05) is 5.69 Å². The minimum atomic E-state index is -0.617.